The van der Waals surface area contributed by atoms with E-state index >= 15 is 0 Å². The van der Waals surface area contributed by atoms with Crippen LogP contribution in [-0.4, -0.2) is 36.8 Å². The fraction of sp³-hybridized carbons (Fsp3) is 0.571. The summed E-state index contributed by atoms with van der Waals surface area (Å²) >= 11 is 0. The van der Waals surface area contributed by atoms with Crippen molar-refractivity contribution in [2.24, 2.45) is 5.73 Å². The van der Waals surface area contributed by atoms with Gasteiger partial charge in [0.2, 0.25) is 10.0 Å². The smallest absolute Gasteiger partial charge is 0.270 e. The maximum atomic E-state index is 13.0. The number of non-ortho nitro benzene ring substituents is 1. The van der Waals surface area contributed by atoms with Crippen LogP contribution in [0.1, 0.15) is 30.4 Å². The van der Waals surface area contributed by atoms with Gasteiger partial charge in [0.05, 0.1) is 9.82 Å². The van der Waals surface area contributed by atoms with Crippen LogP contribution in [0.15, 0.2) is 17.0 Å². The molecule has 23 heavy (non-hydrogen) atoms. The van der Waals surface area contributed by atoms with Crippen LogP contribution < -0.4 is 5.73 Å². The fourth-order valence-corrected chi connectivity index (χ4v) is 5.20. The van der Waals surface area contributed by atoms with E-state index in [-0.39, 0.29) is 35.6 Å². The van der Waals surface area contributed by atoms with Gasteiger partial charge in [-0.3, -0.25) is 10.1 Å². The number of hydrogen-bond donors (Lipinski definition) is 1. The number of benzene rings is 1. The molecular formula is C14H22ClN3O4S. The summed E-state index contributed by atoms with van der Waals surface area (Å²) in [6, 6.07) is 2.41. The van der Waals surface area contributed by atoms with Crippen molar-refractivity contribution >= 4 is 28.1 Å². The highest BCUT2D eigenvalue weighted by atomic mass is 35.5. The van der Waals surface area contributed by atoms with E-state index in [0.29, 0.717) is 17.7 Å². The zero-order valence-corrected chi connectivity index (χ0v) is 14.8. The predicted molar refractivity (Wildman–Crippen MR) is 90.4 cm³/mol. The van der Waals surface area contributed by atoms with Crippen molar-refractivity contribution in [3.63, 3.8) is 0 Å². The minimum Gasteiger partial charge on any atom is -0.329 e. The SMILES string of the molecule is Cc1cc([N+](=O)[O-])cc(C)c1S(=O)(=O)N1CCCCC1CN.Cl. The molecule has 2 rings (SSSR count). The number of aryl methyl sites for hydroxylation is 2. The molecular weight excluding hydrogens is 342 g/mol. The van der Waals surface area contributed by atoms with Gasteiger partial charge in [-0.15, -0.1) is 12.4 Å². The van der Waals surface area contributed by atoms with Crippen molar-refractivity contribution in [2.75, 3.05) is 13.1 Å². The van der Waals surface area contributed by atoms with Crippen LogP contribution in [0.4, 0.5) is 5.69 Å². The number of piperidine rings is 1. The quantitative estimate of drug-likeness (QED) is 0.651. The van der Waals surface area contributed by atoms with Crippen molar-refractivity contribution in [2.45, 2.75) is 44.0 Å². The fourth-order valence-electron chi connectivity index (χ4n) is 3.08. The van der Waals surface area contributed by atoms with E-state index in [4.69, 9.17) is 5.73 Å². The monoisotopic (exact) mass is 363 g/mol. The second-order valence-electron chi connectivity index (χ2n) is 5.67. The molecule has 9 heteroatoms. The Kier molecular flexibility index (Phi) is 6.52. The van der Waals surface area contributed by atoms with Gasteiger partial charge in [0.1, 0.15) is 0 Å². The van der Waals surface area contributed by atoms with Gasteiger partial charge in [-0.2, -0.15) is 4.31 Å². The van der Waals surface area contributed by atoms with Gasteiger partial charge in [-0.1, -0.05) is 6.42 Å². The number of nitro benzene ring substituents is 1. The molecule has 1 unspecified atom stereocenters. The van der Waals surface area contributed by atoms with E-state index in [9.17, 15) is 18.5 Å². The third kappa shape index (κ3) is 3.82. The lowest BCUT2D eigenvalue weighted by atomic mass is 10.1. The Labute approximate surface area is 142 Å². The summed E-state index contributed by atoms with van der Waals surface area (Å²) in [6.45, 7) is 3.91. The summed E-state index contributed by atoms with van der Waals surface area (Å²) < 4.78 is 27.4. The van der Waals surface area contributed by atoms with E-state index in [0.717, 1.165) is 19.3 Å². The highest BCUT2D eigenvalue weighted by Crippen LogP contribution is 2.31. The predicted octanol–water partition coefficient (Wildman–Crippen LogP) is 2.14. The lowest BCUT2D eigenvalue weighted by Crippen LogP contribution is -2.47. The molecule has 0 amide bonds. The molecule has 0 radical (unpaired) electrons. The average molecular weight is 364 g/mol. The number of nitrogens with zero attached hydrogens (tertiary/aromatic N) is 2. The summed E-state index contributed by atoms with van der Waals surface area (Å²) in [6.07, 6.45) is 2.52. The maximum Gasteiger partial charge on any atom is 0.270 e. The second kappa shape index (κ2) is 7.57. The highest BCUT2D eigenvalue weighted by Gasteiger charge is 2.35. The third-order valence-electron chi connectivity index (χ3n) is 4.07. The zero-order valence-electron chi connectivity index (χ0n) is 13.2. The summed E-state index contributed by atoms with van der Waals surface area (Å²) in [5, 5.41) is 10.9. The van der Waals surface area contributed by atoms with Gasteiger partial charge in [0.25, 0.3) is 5.69 Å². The van der Waals surface area contributed by atoms with Crippen LogP contribution in [0, 0.1) is 24.0 Å². The van der Waals surface area contributed by atoms with E-state index in [2.05, 4.69) is 0 Å². The minimum atomic E-state index is -3.70. The summed E-state index contributed by atoms with van der Waals surface area (Å²) in [5.41, 5.74) is 6.41. The Morgan fingerprint density at radius 2 is 1.87 bits per heavy atom. The molecule has 0 saturated carbocycles. The number of nitro groups is 1. The topological polar surface area (TPSA) is 107 Å². The van der Waals surface area contributed by atoms with Crippen LogP contribution in [0.3, 0.4) is 0 Å². The lowest BCUT2D eigenvalue weighted by Gasteiger charge is -2.34. The standard InChI is InChI=1S/C14H21N3O4S.ClH/c1-10-7-13(17(18)19)8-11(2)14(10)22(20,21)16-6-4-3-5-12(16)9-15;/h7-8,12H,3-6,9,15H2,1-2H3;1H. The van der Waals surface area contributed by atoms with Crippen LogP contribution >= 0.6 is 12.4 Å². The summed E-state index contributed by atoms with van der Waals surface area (Å²) in [5.74, 6) is 0. The first-order valence-corrected chi connectivity index (χ1v) is 8.70. The number of halogens is 1. The van der Waals surface area contributed by atoms with Crippen molar-refractivity contribution < 1.29 is 13.3 Å². The first-order valence-electron chi connectivity index (χ1n) is 7.26. The molecule has 0 aromatic heterocycles. The Morgan fingerprint density at radius 1 is 1.30 bits per heavy atom. The molecule has 0 spiro atoms. The molecule has 1 heterocycles. The minimum absolute atomic E-state index is 0. The molecule has 1 aliphatic heterocycles. The molecule has 130 valence electrons. The van der Waals surface area contributed by atoms with E-state index in [1.807, 2.05) is 0 Å². The lowest BCUT2D eigenvalue weighted by molar-refractivity contribution is -0.385. The highest BCUT2D eigenvalue weighted by molar-refractivity contribution is 7.89. The van der Waals surface area contributed by atoms with Gasteiger partial charge in [0.15, 0.2) is 0 Å². The van der Waals surface area contributed by atoms with Crippen LogP contribution in [0.2, 0.25) is 0 Å². The average Bonchev–Trinajstić information content (AvgIpc) is 2.46. The summed E-state index contributed by atoms with van der Waals surface area (Å²) in [7, 11) is -3.70. The Morgan fingerprint density at radius 3 is 2.35 bits per heavy atom. The molecule has 7 nitrogen and oxygen atoms in total. The number of sulfonamides is 1. The molecule has 1 saturated heterocycles. The van der Waals surface area contributed by atoms with Crippen molar-refractivity contribution in [1.82, 2.24) is 4.31 Å². The molecule has 1 aromatic carbocycles. The van der Waals surface area contributed by atoms with Crippen LogP contribution in [-0.2, 0) is 10.0 Å². The first-order chi connectivity index (χ1) is 10.3. The van der Waals surface area contributed by atoms with Gasteiger partial charge < -0.3 is 5.73 Å². The number of rotatable bonds is 4. The number of hydrogen-bond acceptors (Lipinski definition) is 5. The number of nitrogens with two attached hydrogens (primary N) is 1. The molecule has 1 atom stereocenters. The normalized spacial score (nSPS) is 19.2. The molecule has 2 N–H and O–H groups in total. The van der Waals surface area contributed by atoms with Gasteiger partial charge in [-0.25, -0.2) is 8.42 Å². The van der Waals surface area contributed by atoms with Gasteiger partial charge in [0, 0.05) is 31.3 Å². The van der Waals surface area contributed by atoms with E-state index in [1.54, 1.807) is 13.8 Å². The largest absolute Gasteiger partial charge is 0.329 e. The first kappa shape index (κ1) is 19.8. The van der Waals surface area contributed by atoms with Crippen molar-refractivity contribution in [3.8, 4) is 0 Å². The Balaban J connectivity index is 0.00000264. The van der Waals surface area contributed by atoms with Crippen molar-refractivity contribution in [1.29, 1.82) is 0 Å². The Bertz CT molecular complexity index is 670. The zero-order chi connectivity index (χ0) is 16.5. The van der Waals surface area contributed by atoms with Gasteiger partial charge in [-0.05, 0) is 37.8 Å². The van der Waals surface area contributed by atoms with Crippen LogP contribution in [0.25, 0.3) is 0 Å². The second-order valence-corrected chi connectivity index (χ2v) is 7.49. The van der Waals surface area contributed by atoms with Crippen molar-refractivity contribution in [3.05, 3.63) is 33.4 Å². The molecule has 1 aliphatic rings. The Hall–Kier alpha value is -1.22. The van der Waals surface area contributed by atoms with E-state index in [1.165, 1.54) is 16.4 Å². The third-order valence-corrected chi connectivity index (χ3v) is 6.33. The molecule has 0 aliphatic carbocycles. The van der Waals surface area contributed by atoms with Crippen LogP contribution in [0.5, 0.6) is 0 Å². The van der Waals surface area contributed by atoms with Gasteiger partial charge >= 0.3 is 0 Å². The molecule has 1 fully saturated rings. The molecule has 1 aromatic rings. The maximum absolute atomic E-state index is 13.0. The summed E-state index contributed by atoms with van der Waals surface area (Å²) in [4.78, 5) is 10.5. The van der Waals surface area contributed by atoms with E-state index < -0.39 is 14.9 Å². The molecule has 0 bridgehead atoms.